The van der Waals surface area contributed by atoms with E-state index in [0.717, 1.165) is 17.2 Å². The molecular weight excluding hydrogens is 226 g/mol. The molecule has 0 aliphatic rings. The van der Waals surface area contributed by atoms with Gasteiger partial charge in [-0.25, -0.2) is 0 Å². The Bertz CT molecular complexity index is 485. The van der Waals surface area contributed by atoms with Crippen LogP contribution < -0.4 is 0 Å². The molecule has 3 nitrogen and oxygen atoms in total. The largest absolute Gasteiger partial charge is 0.101 e. The van der Waals surface area contributed by atoms with Crippen LogP contribution in [0.4, 0.5) is 0 Å². The number of nitrogens with zero attached hydrogens (tertiary/aromatic N) is 3. The summed E-state index contributed by atoms with van der Waals surface area (Å²) in [7, 11) is -1.11. The van der Waals surface area contributed by atoms with Crippen molar-refractivity contribution in [1.29, 1.82) is 0 Å². The lowest BCUT2D eigenvalue weighted by atomic mass is 10.1. The van der Waals surface area contributed by atoms with E-state index in [0.29, 0.717) is 6.54 Å². The van der Waals surface area contributed by atoms with Gasteiger partial charge >= 0.3 is 0 Å². The Morgan fingerprint density at radius 2 is 2.00 bits per heavy atom. The molecule has 4 heteroatoms. The number of azide groups is 1. The molecule has 0 atom stereocenters. The van der Waals surface area contributed by atoms with E-state index in [4.69, 9.17) is 5.53 Å². The smallest absolute Gasteiger partial charge is 0.0573 e. The lowest BCUT2D eigenvalue weighted by molar-refractivity contribution is 1.04. The Balaban J connectivity index is 2.86. The lowest BCUT2D eigenvalue weighted by Gasteiger charge is -2.09. The second-order valence-electron chi connectivity index (χ2n) is 5.09. The van der Waals surface area contributed by atoms with Crippen molar-refractivity contribution >= 4 is 8.07 Å². The van der Waals surface area contributed by atoms with E-state index in [2.05, 4.69) is 41.5 Å². The average molecular weight is 243 g/mol. The molecule has 0 amide bonds. The molecule has 0 aliphatic heterocycles. The van der Waals surface area contributed by atoms with Crippen LogP contribution in [0.25, 0.3) is 10.4 Å². The van der Waals surface area contributed by atoms with E-state index in [1.165, 1.54) is 0 Å². The van der Waals surface area contributed by atoms with Crippen LogP contribution in [0.2, 0.25) is 25.7 Å². The Kier molecular flexibility index (Phi) is 4.83. The van der Waals surface area contributed by atoms with Crippen LogP contribution in [0.1, 0.15) is 11.1 Å². The summed E-state index contributed by atoms with van der Waals surface area (Å²) in [5, 5.41) is 3.58. The third-order valence-electron chi connectivity index (χ3n) is 2.16. The van der Waals surface area contributed by atoms with Gasteiger partial charge in [0, 0.05) is 16.5 Å². The second-order valence-corrected chi connectivity index (χ2v) is 10.6. The highest BCUT2D eigenvalue weighted by molar-refractivity contribution is 6.76. The normalized spacial score (nSPS) is 10.1. The molecule has 1 aromatic carbocycles. The van der Waals surface area contributed by atoms with Crippen molar-refractivity contribution in [3.8, 4) is 11.8 Å². The van der Waals surface area contributed by atoms with E-state index in [1.807, 2.05) is 24.3 Å². The summed E-state index contributed by atoms with van der Waals surface area (Å²) in [4.78, 5) is 2.78. The maximum atomic E-state index is 8.33. The molecule has 0 heterocycles. The standard InChI is InChI=1S/C13H17N3Si/c1-17(2,3)10-6-9-12-7-4-5-8-13(12)11-15-16-14/h4-5,7-8H,10-11H2,1-3H3. The molecule has 0 saturated carbocycles. The first kappa shape index (κ1) is 13.4. The van der Waals surface area contributed by atoms with Crippen molar-refractivity contribution in [2.24, 2.45) is 5.11 Å². The van der Waals surface area contributed by atoms with Crippen molar-refractivity contribution in [2.45, 2.75) is 32.2 Å². The number of hydrogen-bond donors (Lipinski definition) is 0. The molecule has 0 unspecified atom stereocenters. The molecule has 0 fully saturated rings. The average Bonchev–Trinajstić information content (AvgIpc) is 2.26. The summed E-state index contributed by atoms with van der Waals surface area (Å²) in [6.07, 6.45) is 0. The summed E-state index contributed by atoms with van der Waals surface area (Å²) >= 11 is 0. The topological polar surface area (TPSA) is 48.8 Å². The van der Waals surface area contributed by atoms with Crippen LogP contribution >= 0.6 is 0 Å². The monoisotopic (exact) mass is 243 g/mol. The van der Waals surface area contributed by atoms with Crippen molar-refractivity contribution in [3.63, 3.8) is 0 Å². The van der Waals surface area contributed by atoms with Gasteiger partial charge in [0.2, 0.25) is 0 Å². The summed E-state index contributed by atoms with van der Waals surface area (Å²) in [6, 6.07) is 8.81. The Morgan fingerprint density at radius 3 is 2.65 bits per heavy atom. The molecule has 17 heavy (non-hydrogen) atoms. The highest BCUT2D eigenvalue weighted by atomic mass is 28.3. The summed E-state index contributed by atoms with van der Waals surface area (Å²) in [6.45, 7) is 7.27. The molecular formula is C13H17N3Si. The van der Waals surface area contributed by atoms with Gasteiger partial charge in [-0.1, -0.05) is 48.9 Å². The van der Waals surface area contributed by atoms with Crippen molar-refractivity contribution in [1.82, 2.24) is 0 Å². The molecule has 0 saturated heterocycles. The first-order chi connectivity index (χ1) is 8.03. The van der Waals surface area contributed by atoms with Crippen LogP contribution in [0, 0.1) is 11.8 Å². The zero-order chi connectivity index (χ0) is 12.7. The number of hydrogen-bond acceptors (Lipinski definition) is 1. The SMILES string of the molecule is C[Si](C)(C)CC#Cc1ccccc1CN=[N+]=[N-]. The zero-order valence-corrected chi connectivity index (χ0v) is 11.6. The third kappa shape index (κ3) is 5.25. The van der Waals surface area contributed by atoms with E-state index in [1.54, 1.807) is 0 Å². The van der Waals surface area contributed by atoms with Crippen LogP contribution in [0.5, 0.6) is 0 Å². The van der Waals surface area contributed by atoms with Crippen molar-refractivity contribution in [3.05, 3.63) is 45.8 Å². The highest BCUT2D eigenvalue weighted by Gasteiger charge is 2.09. The van der Waals surface area contributed by atoms with Crippen LogP contribution in [-0.2, 0) is 6.54 Å². The fourth-order valence-corrected chi connectivity index (χ4v) is 1.91. The minimum atomic E-state index is -1.11. The molecule has 0 N–H and O–H groups in total. The van der Waals surface area contributed by atoms with Gasteiger partial charge in [0.15, 0.2) is 0 Å². The van der Waals surface area contributed by atoms with E-state index in [9.17, 15) is 0 Å². The minimum absolute atomic E-state index is 0.369. The molecule has 0 aromatic heterocycles. The fraction of sp³-hybridized carbons (Fsp3) is 0.385. The highest BCUT2D eigenvalue weighted by Crippen LogP contribution is 2.10. The first-order valence-corrected chi connectivity index (χ1v) is 9.31. The van der Waals surface area contributed by atoms with Gasteiger partial charge in [-0.2, -0.15) is 0 Å². The Morgan fingerprint density at radius 1 is 1.29 bits per heavy atom. The van der Waals surface area contributed by atoms with Crippen LogP contribution in [-0.4, -0.2) is 8.07 Å². The Labute approximate surface area is 103 Å². The van der Waals surface area contributed by atoms with Gasteiger partial charge in [0.1, 0.15) is 0 Å². The maximum absolute atomic E-state index is 8.33. The fourth-order valence-electron chi connectivity index (χ4n) is 1.29. The summed E-state index contributed by atoms with van der Waals surface area (Å²) in [5.41, 5.74) is 10.3. The van der Waals surface area contributed by atoms with Crippen LogP contribution in [0.3, 0.4) is 0 Å². The van der Waals surface area contributed by atoms with E-state index in [-0.39, 0.29) is 0 Å². The lowest BCUT2D eigenvalue weighted by Crippen LogP contribution is -2.17. The third-order valence-corrected chi connectivity index (χ3v) is 3.40. The first-order valence-electron chi connectivity index (χ1n) is 5.60. The molecule has 0 bridgehead atoms. The predicted molar refractivity (Wildman–Crippen MR) is 74.3 cm³/mol. The van der Waals surface area contributed by atoms with Crippen LogP contribution in [0.15, 0.2) is 29.4 Å². The molecule has 1 rings (SSSR count). The van der Waals surface area contributed by atoms with E-state index >= 15 is 0 Å². The van der Waals surface area contributed by atoms with E-state index < -0.39 is 8.07 Å². The molecule has 1 aromatic rings. The molecule has 88 valence electrons. The Hall–Kier alpha value is -1.69. The summed E-state index contributed by atoms with van der Waals surface area (Å²) in [5.74, 6) is 6.42. The van der Waals surface area contributed by atoms with Gasteiger partial charge in [-0.05, 0) is 17.2 Å². The van der Waals surface area contributed by atoms with Gasteiger partial charge in [0.25, 0.3) is 0 Å². The van der Waals surface area contributed by atoms with Gasteiger partial charge in [-0.15, -0.1) is 5.92 Å². The minimum Gasteiger partial charge on any atom is -0.101 e. The maximum Gasteiger partial charge on any atom is 0.0573 e. The number of rotatable bonds is 3. The summed E-state index contributed by atoms with van der Waals surface area (Å²) < 4.78 is 0. The van der Waals surface area contributed by atoms with Gasteiger partial charge in [0.05, 0.1) is 14.6 Å². The second kappa shape index (κ2) is 6.14. The molecule has 0 radical (unpaired) electrons. The quantitative estimate of drug-likeness (QED) is 0.251. The van der Waals surface area contributed by atoms with Crippen molar-refractivity contribution < 1.29 is 0 Å². The van der Waals surface area contributed by atoms with Crippen molar-refractivity contribution in [2.75, 3.05) is 0 Å². The molecule has 0 aliphatic carbocycles. The zero-order valence-electron chi connectivity index (χ0n) is 10.6. The predicted octanol–water partition coefficient (Wildman–Crippen LogP) is 4.19. The van der Waals surface area contributed by atoms with Gasteiger partial charge < -0.3 is 0 Å². The van der Waals surface area contributed by atoms with Gasteiger partial charge in [-0.3, -0.25) is 0 Å². The molecule has 0 spiro atoms. The number of benzene rings is 1.